The van der Waals surface area contributed by atoms with Crippen LogP contribution in [0.4, 0.5) is 0 Å². The van der Waals surface area contributed by atoms with Crippen molar-refractivity contribution >= 4 is 33.8 Å². The lowest BCUT2D eigenvalue weighted by molar-refractivity contribution is -0.134. The molecule has 0 unspecified atom stereocenters. The zero-order valence-corrected chi connectivity index (χ0v) is 13.4. The largest absolute Gasteiger partial charge is 0.481 e. The number of carboxylic acid groups (broad SMARTS) is 2. The van der Waals surface area contributed by atoms with Crippen molar-refractivity contribution in [3.05, 3.63) is 47.0 Å². The van der Waals surface area contributed by atoms with Crippen molar-refractivity contribution in [3.63, 3.8) is 0 Å². The molecule has 0 aliphatic heterocycles. The summed E-state index contributed by atoms with van der Waals surface area (Å²) in [4.78, 5) is 18.5. The number of guanidine groups is 1. The van der Waals surface area contributed by atoms with E-state index in [1.165, 1.54) is 6.08 Å². The molecular formula is C13H20BrN3O4. The molecular weight excluding hydrogens is 342 g/mol. The first kappa shape index (κ1) is 23.7. The number of rotatable bonds is 1. The van der Waals surface area contributed by atoms with E-state index in [1.807, 2.05) is 30.3 Å². The smallest absolute Gasteiger partial charge is 0.327 e. The monoisotopic (exact) mass is 361 g/mol. The first-order chi connectivity index (χ1) is 9.63. The lowest BCUT2D eigenvalue weighted by atomic mass is 10.4. The summed E-state index contributed by atoms with van der Waals surface area (Å²) in [5, 5.41) is 21.3. The Bertz CT molecular complexity index is 416. The number of halogens is 1. The molecule has 0 saturated heterocycles. The van der Waals surface area contributed by atoms with Crippen LogP contribution in [0.25, 0.3) is 0 Å². The van der Waals surface area contributed by atoms with Crippen LogP contribution in [0, 0.1) is 5.41 Å². The zero-order chi connectivity index (χ0) is 17.3. The summed E-state index contributed by atoms with van der Waals surface area (Å²) in [7, 11) is 0. The Balaban J connectivity index is -0.000000214. The van der Waals surface area contributed by atoms with Crippen molar-refractivity contribution in [2.45, 2.75) is 13.8 Å². The fraction of sp³-hybridized carbons (Fsp3) is 0.154. The molecule has 0 radical (unpaired) electrons. The van der Waals surface area contributed by atoms with E-state index in [0.29, 0.717) is 0 Å². The maximum Gasteiger partial charge on any atom is 0.327 e. The second-order valence-corrected chi connectivity index (χ2v) is 4.02. The number of hydrogen-bond acceptors (Lipinski definition) is 3. The highest BCUT2D eigenvalue weighted by molar-refractivity contribution is 9.10. The lowest BCUT2D eigenvalue weighted by Gasteiger charge is -1.80. The number of benzene rings is 1. The molecule has 0 bridgehead atoms. The van der Waals surface area contributed by atoms with Crippen LogP contribution in [0.3, 0.4) is 0 Å². The van der Waals surface area contributed by atoms with Crippen LogP contribution in [-0.4, -0.2) is 28.1 Å². The third-order valence-electron chi connectivity index (χ3n) is 1.04. The lowest BCUT2D eigenvalue weighted by Crippen LogP contribution is -2.20. The number of nitrogens with one attached hydrogen (secondary N) is 1. The Morgan fingerprint density at radius 2 is 1.52 bits per heavy atom. The highest BCUT2D eigenvalue weighted by atomic mass is 79.9. The van der Waals surface area contributed by atoms with Gasteiger partial charge in [0.25, 0.3) is 5.97 Å². The molecule has 0 aliphatic rings. The topological polar surface area (TPSA) is 150 Å². The Kier molecular flexibility index (Phi) is 19.9. The first-order valence-electron chi connectivity index (χ1n) is 5.48. The van der Waals surface area contributed by atoms with Crippen molar-refractivity contribution < 1.29 is 19.8 Å². The van der Waals surface area contributed by atoms with Crippen LogP contribution in [0.5, 0.6) is 0 Å². The third-order valence-corrected chi connectivity index (χ3v) is 1.57. The van der Waals surface area contributed by atoms with Crippen LogP contribution >= 0.6 is 15.9 Å². The summed E-state index contributed by atoms with van der Waals surface area (Å²) >= 11 is 3.31. The average Bonchev–Trinajstić information content (AvgIpc) is 2.28. The second kappa shape index (κ2) is 17.6. The fourth-order valence-corrected chi connectivity index (χ4v) is 0.862. The molecule has 8 heteroatoms. The van der Waals surface area contributed by atoms with Crippen molar-refractivity contribution in [1.29, 1.82) is 5.41 Å². The van der Waals surface area contributed by atoms with Gasteiger partial charge in [-0.3, -0.25) is 10.2 Å². The zero-order valence-electron chi connectivity index (χ0n) is 11.8. The minimum Gasteiger partial charge on any atom is -0.481 e. The van der Waals surface area contributed by atoms with Crippen LogP contribution in [-0.2, 0) is 9.59 Å². The van der Waals surface area contributed by atoms with Gasteiger partial charge in [-0.15, -0.1) is 0 Å². The number of nitrogens with two attached hydrogens (primary N) is 2. The molecule has 1 rings (SSSR count). The second-order valence-electron chi connectivity index (χ2n) is 3.11. The quantitative estimate of drug-likeness (QED) is 0.293. The maximum atomic E-state index is 9.51. The van der Waals surface area contributed by atoms with E-state index < -0.39 is 11.9 Å². The van der Waals surface area contributed by atoms with Crippen molar-refractivity contribution in [1.82, 2.24) is 0 Å². The van der Waals surface area contributed by atoms with E-state index >= 15 is 0 Å². The summed E-state index contributed by atoms with van der Waals surface area (Å²) in [6, 6.07) is 9.97. The van der Waals surface area contributed by atoms with Gasteiger partial charge in [0, 0.05) is 17.5 Å². The van der Waals surface area contributed by atoms with Gasteiger partial charge in [0.1, 0.15) is 0 Å². The van der Waals surface area contributed by atoms with Gasteiger partial charge < -0.3 is 21.7 Å². The summed E-state index contributed by atoms with van der Waals surface area (Å²) in [5.74, 6) is -2.06. The Labute approximate surface area is 131 Å². The highest BCUT2D eigenvalue weighted by Gasteiger charge is 1.76. The third kappa shape index (κ3) is 57.8. The minimum absolute atomic E-state index is 0.333. The highest BCUT2D eigenvalue weighted by Crippen LogP contribution is 2.05. The van der Waals surface area contributed by atoms with Crippen molar-refractivity contribution in [2.24, 2.45) is 11.5 Å². The van der Waals surface area contributed by atoms with Gasteiger partial charge in [-0.25, -0.2) is 4.79 Å². The molecule has 7 nitrogen and oxygen atoms in total. The van der Waals surface area contributed by atoms with E-state index in [1.54, 1.807) is 6.92 Å². The van der Waals surface area contributed by atoms with E-state index in [0.717, 1.165) is 17.5 Å². The van der Waals surface area contributed by atoms with Crippen LogP contribution in [0.15, 0.2) is 47.0 Å². The average molecular weight is 362 g/mol. The van der Waals surface area contributed by atoms with E-state index in [-0.39, 0.29) is 5.96 Å². The number of hydrogen-bond donors (Lipinski definition) is 5. The molecule has 118 valence electrons. The van der Waals surface area contributed by atoms with Gasteiger partial charge in [-0.05, 0) is 19.1 Å². The van der Waals surface area contributed by atoms with Crippen LogP contribution < -0.4 is 11.5 Å². The fourth-order valence-electron chi connectivity index (χ4n) is 0.557. The van der Waals surface area contributed by atoms with Crippen molar-refractivity contribution in [3.8, 4) is 0 Å². The molecule has 1 aromatic carbocycles. The van der Waals surface area contributed by atoms with Gasteiger partial charge in [-0.2, -0.15) is 0 Å². The minimum atomic E-state index is -0.891. The number of allylic oxidation sites excluding steroid dienone is 1. The molecule has 0 aromatic heterocycles. The first-order valence-corrected chi connectivity index (χ1v) is 6.27. The van der Waals surface area contributed by atoms with E-state index in [2.05, 4.69) is 27.4 Å². The normalized spacial score (nSPS) is 7.95. The predicted octanol–water partition coefficient (Wildman–Crippen LogP) is 2.03. The molecule has 0 saturated carbocycles. The van der Waals surface area contributed by atoms with Gasteiger partial charge in [0.05, 0.1) is 0 Å². The molecule has 0 atom stereocenters. The summed E-state index contributed by atoms with van der Waals surface area (Å²) in [5.41, 5.74) is 8.94. The summed E-state index contributed by atoms with van der Waals surface area (Å²) in [6.45, 7) is 2.74. The van der Waals surface area contributed by atoms with Gasteiger partial charge >= 0.3 is 5.97 Å². The predicted molar refractivity (Wildman–Crippen MR) is 86.0 cm³/mol. The van der Waals surface area contributed by atoms with E-state index in [4.69, 9.17) is 20.4 Å². The maximum absolute atomic E-state index is 9.51. The Morgan fingerprint density at radius 1 is 1.19 bits per heavy atom. The SMILES string of the molecule is Brc1ccccc1.CC(=O)O.CC=CC(=O)O.N=C(N)N. The Morgan fingerprint density at radius 3 is 1.62 bits per heavy atom. The van der Waals surface area contributed by atoms with Gasteiger partial charge in [0.2, 0.25) is 0 Å². The summed E-state index contributed by atoms with van der Waals surface area (Å²) in [6.07, 6.45) is 2.56. The molecule has 1 aromatic rings. The number of carbonyl (C=O) groups is 2. The molecule has 0 spiro atoms. The standard InChI is InChI=1S/C6H5Br.C4H6O2.C2H4O2.CH5N3/c7-6-4-2-1-3-5-6;1-2-3-4(5)6;1-2(3)4;2-1(3)4/h1-5H;2-3H,1H3,(H,5,6);1H3,(H,3,4);(H5,2,3,4). The number of carboxylic acids is 2. The molecule has 21 heavy (non-hydrogen) atoms. The van der Waals surface area contributed by atoms with Crippen LogP contribution in [0.2, 0.25) is 0 Å². The summed E-state index contributed by atoms with van der Waals surface area (Å²) < 4.78 is 1.13. The molecule has 7 N–H and O–H groups in total. The van der Waals surface area contributed by atoms with Gasteiger partial charge in [-0.1, -0.05) is 40.2 Å². The van der Waals surface area contributed by atoms with Gasteiger partial charge in [0.15, 0.2) is 5.96 Å². The Hall–Kier alpha value is -2.35. The molecule has 0 amide bonds. The molecule has 0 fully saturated rings. The molecule has 0 heterocycles. The molecule has 0 aliphatic carbocycles. The van der Waals surface area contributed by atoms with Crippen molar-refractivity contribution in [2.75, 3.05) is 0 Å². The number of aliphatic carboxylic acids is 2. The van der Waals surface area contributed by atoms with E-state index in [9.17, 15) is 4.79 Å². The van der Waals surface area contributed by atoms with Crippen LogP contribution in [0.1, 0.15) is 13.8 Å².